The summed E-state index contributed by atoms with van der Waals surface area (Å²) in [6.45, 7) is 0.583. The third-order valence-electron chi connectivity index (χ3n) is 5.91. The average molecular weight is 368 g/mol. The molecule has 2 nitrogen and oxygen atoms in total. The van der Waals surface area contributed by atoms with E-state index in [9.17, 15) is 0 Å². The third-order valence-corrected chi connectivity index (χ3v) is 5.91. The molecule has 2 atom stereocenters. The molecule has 140 valence electrons. The van der Waals surface area contributed by atoms with Gasteiger partial charge in [0.15, 0.2) is 0 Å². The first-order valence-corrected chi connectivity index (χ1v) is 10.1. The summed E-state index contributed by atoms with van der Waals surface area (Å²) >= 11 is 0. The summed E-state index contributed by atoms with van der Waals surface area (Å²) in [5.41, 5.74) is 3.52. The molecule has 0 spiro atoms. The number of hydrogen-bond acceptors (Lipinski definition) is 2. The van der Waals surface area contributed by atoms with E-state index in [-0.39, 0.29) is 11.5 Å². The van der Waals surface area contributed by atoms with Crippen LogP contribution in [0.5, 0.6) is 11.5 Å². The van der Waals surface area contributed by atoms with Crippen LogP contribution in [0.25, 0.3) is 0 Å². The van der Waals surface area contributed by atoms with Crippen molar-refractivity contribution in [1.82, 2.24) is 0 Å². The summed E-state index contributed by atoms with van der Waals surface area (Å²) in [6.07, 6.45) is 8.19. The van der Waals surface area contributed by atoms with E-state index in [1.165, 1.54) is 16.7 Å². The van der Waals surface area contributed by atoms with E-state index in [0.29, 0.717) is 6.61 Å². The Morgan fingerprint density at radius 3 is 2.54 bits per heavy atom. The van der Waals surface area contributed by atoms with Gasteiger partial charge in [0.1, 0.15) is 24.2 Å². The van der Waals surface area contributed by atoms with Crippen molar-refractivity contribution in [1.29, 1.82) is 0 Å². The minimum atomic E-state index is -0.203. The predicted octanol–water partition coefficient (Wildman–Crippen LogP) is 6.05. The molecule has 0 amide bonds. The lowest BCUT2D eigenvalue weighted by molar-refractivity contribution is 0.179. The number of fused-ring (bicyclic) bond motifs is 3. The van der Waals surface area contributed by atoms with Crippen LogP contribution in [0, 0.1) is 0 Å². The molecule has 28 heavy (non-hydrogen) atoms. The van der Waals surface area contributed by atoms with Gasteiger partial charge in [-0.3, -0.25) is 0 Å². The Hall–Kier alpha value is -3.00. The lowest BCUT2D eigenvalue weighted by atomic mass is 9.71. The van der Waals surface area contributed by atoms with Gasteiger partial charge in [-0.15, -0.1) is 0 Å². The van der Waals surface area contributed by atoms with Gasteiger partial charge < -0.3 is 9.47 Å². The Morgan fingerprint density at radius 2 is 1.68 bits per heavy atom. The molecular formula is C26H24O2. The van der Waals surface area contributed by atoms with Crippen LogP contribution >= 0.6 is 0 Å². The molecule has 5 rings (SSSR count). The summed E-state index contributed by atoms with van der Waals surface area (Å²) in [5.74, 6) is 1.91. The molecule has 1 aliphatic heterocycles. The molecule has 1 heterocycles. The molecular weight excluding hydrogens is 344 g/mol. The first-order chi connectivity index (χ1) is 13.9. The Bertz CT molecular complexity index is 975. The van der Waals surface area contributed by atoms with E-state index in [0.717, 1.165) is 30.8 Å². The number of hydrogen-bond donors (Lipinski definition) is 0. The lowest BCUT2D eigenvalue weighted by Gasteiger charge is -2.31. The topological polar surface area (TPSA) is 18.5 Å². The number of rotatable bonds is 4. The quantitative estimate of drug-likeness (QED) is 0.522. The van der Waals surface area contributed by atoms with E-state index in [2.05, 4.69) is 72.8 Å². The highest BCUT2D eigenvalue weighted by atomic mass is 16.5. The van der Waals surface area contributed by atoms with E-state index < -0.39 is 0 Å². The molecule has 0 aromatic heterocycles. The molecule has 2 heteroatoms. The molecule has 3 aromatic rings. The van der Waals surface area contributed by atoms with Crippen LogP contribution in [0.1, 0.15) is 36.0 Å². The molecule has 1 aliphatic carbocycles. The highest BCUT2D eigenvalue weighted by Crippen LogP contribution is 2.51. The van der Waals surface area contributed by atoms with Crippen LogP contribution < -0.4 is 9.47 Å². The van der Waals surface area contributed by atoms with Crippen LogP contribution in [-0.2, 0) is 12.0 Å². The minimum Gasteiger partial charge on any atom is -0.489 e. The average Bonchev–Trinajstić information content (AvgIpc) is 2.92. The van der Waals surface area contributed by atoms with Crippen molar-refractivity contribution in [2.75, 3.05) is 0 Å². The lowest BCUT2D eigenvalue weighted by Crippen LogP contribution is -2.36. The minimum absolute atomic E-state index is 0.153. The number of ether oxygens (including phenoxy) is 2. The first kappa shape index (κ1) is 17.1. The van der Waals surface area contributed by atoms with Crippen molar-refractivity contribution in [3.8, 4) is 11.5 Å². The van der Waals surface area contributed by atoms with E-state index in [1.807, 2.05) is 18.2 Å². The standard InChI is InChI=1S/C26H24O2/c1-3-9-20(10-4-1)19-27-22-16-14-21(15-17-22)26-18-8-2-5-13-25(26)28-24-12-7-6-11-23(24)26/h1,3-4,6-12,14-18,25H,2,5,13,19H2/t25-,26?/m0/s1. The molecule has 2 aliphatic rings. The molecule has 0 N–H and O–H groups in total. The Balaban J connectivity index is 1.46. The molecule has 0 radical (unpaired) electrons. The summed E-state index contributed by atoms with van der Waals surface area (Å²) in [6, 6.07) is 27.3. The Morgan fingerprint density at radius 1 is 0.893 bits per heavy atom. The van der Waals surface area contributed by atoms with E-state index in [4.69, 9.17) is 9.47 Å². The Kier molecular flexibility index (Phi) is 4.40. The van der Waals surface area contributed by atoms with Gasteiger partial charge in [-0.05, 0) is 48.6 Å². The number of para-hydroxylation sites is 1. The summed E-state index contributed by atoms with van der Waals surface area (Å²) in [4.78, 5) is 0. The SMILES string of the molecule is C1=CC2(c3ccc(OCc4ccccc4)cc3)c3ccccc3O[C@H]2CCC1. The van der Waals surface area contributed by atoms with Crippen molar-refractivity contribution in [3.63, 3.8) is 0 Å². The fraction of sp³-hybridized carbons (Fsp3) is 0.231. The van der Waals surface area contributed by atoms with Crippen molar-refractivity contribution in [3.05, 3.63) is 108 Å². The molecule has 1 unspecified atom stereocenters. The second kappa shape index (κ2) is 7.20. The molecule has 3 aromatic carbocycles. The second-order valence-corrected chi connectivity index (χ2v) is 7.60. The first-order valence-electron chi connectivity index (χ1n) is 10.1. The van der Waals surface area contributed by atoms with Gasteiger partial charge in [-0.1, -0.05) is 72.8 Å². The zero-order valence-electron chi connectivity index (χ0n) is 15.9. The summed E-state index contributed by atoms with van der Waals surface area (Å²) in [5, 5.41) is 0. The smallest absolute Gasteiger partial charge is 0.124 e. The largest absolute Gasteiger partial charge is 0.489 e. The Labute approximate surface area is 166 Å². The highest BCUT2D eigenvalue weighted by molar-refractivity contribution is 5.57. The maximum absolute atomic E-state index is 6.40. The van der Waals surface area contributed by atoms with Crippen LogP contribution in [-0.4, -0.2) is 6.10 Å². The van der Waals surface area contributed by atoms with Crippen LogP contribution in [0.15, 0.2) is 91.0 Å². The number of allylic oxidation sites excluding steroid dienone is 1. The van der Waals surface area contributed by atoms with Crippen LogP contribution in [0.3, 0.4) is 0 Å². The summed E-state index contributed by atoms with van der Waals surface area (Å²) in [7, 11) is 0. The molecule has 0 saturated carbocycles. The van der Waals surface area contributed by atoms with Crippen molar-refractivity contribution >= 4 is 0 Å². The van der Waals surface area contributed by atoms with Gasteiger partial charge in [0, 0.05) is 5.56 Å². The fourth-order valence-electron chi connectivity index (χ4n) is 4.51. The monoisotopic (exact) mass is 368 g/mol. The van der Waals surface area contributed by atoms with Gasteiger partial charge in [-0.25, -0.2) is 0 Å². The van der Waals surface area contributed by atoms with Gasteiger partial charge in [-0.2, -0.15) is 0 Å². The van der Waals surface area contributed by atoms with Gasteiger partial charge in [0.05, 0.1) is 5.41 Å². The maximum atomic E-state index is 6.40. The van der Waals surface area contributed by atoms with Crippen molar-refractivity contribution < 1.29 is 9.47 Å². The normalized spacial score (nSPS) is 22.6. The number of benzene rings is 3. The van der Waals surface area contributed by atoms with Crippen LogP contribution in [0.4, 0.5) is 0 Å². The third kappa shape index (κ3) is 2.90. The van der Waals surface area contributed by atoms with Gasteiger partial charge in [0.2, 0.25) is 0 Å². The zero-order valence-corrected chi connectivity index (χ0v) is 15.9. The molecule has 0 saturated heterocycles. The fourth-order valence-corrected chi connectivity index (χ4v) is 4.51. The highest BCUT2D eigenvalue weighted by Gasteiger charge is 2.48. The molecule has 0 bridgehead atoms. The predicted molar refractivity (Wildman–Crippen MR) is 112 cm³/mol. The molecule has 0 fully saturated rings. The van der Waals surface area contributed by atoms with E-state index in [1.54, 1.807) is 0 Å². The maximum Gasteiger partial charge on any atom is 0.124 e. The van der Waals surface area contributed by atoms with Gasteiger partial charge in [0.25, 0.3) is 0 Å². The summed E-state index contributed by atoms with van der Waals surface area (Å²) < 4.78 is 12.4. The van der Waals surface area contributed by atoms with Crippen molar-refractivity contribution in [2.45, 2.75) is 37.4 Å². The zero-order chi connectivity index (χ0) is 18.8. The van der Waals surface area contributed by atoms with E-state index >= 15 is 0 Å². The van der Waals surface area contributed by atoms with Crippen LogP contribution in [0.2, 0.25) is 0 Å². The van der Waals surface area contributed by atoms with Gasteiger partial charge >= 0.3 is 0 Å². The van der Waals surface area contributed by atoms with Crippen molar-refractivity contribution in [2.24, 2.45) is 0 Å². The second-order valence-electron chi connectivity index (χ2n) is 7.60.